The number of hydrogen-bond donors (Lipinski definition) is 1. The van der Waals surface area contributed by atoms with E-state index in [1.54, 1.807) is 6.92 Å². The first kappa shape index (κ1) is 13.5. The minimum Gasteiger partial charge on any atom is -0.308 e. The number of aromatic nitrogens is 4. The Labute approximate surface area is 109 Å². The number of rotatable bonds is 4. The van der Waals surface area contributed by atoms with Crippen molar-refractivity contribution in [3.8, 4) is 5.69 Å². The minimum atomic E-state index is -0.693. The third kappa shape index (κ3) is 2.76. The zero-order chi connectivity index (χ0) is 14.0. The maximum atomic E-state index is 14.0. The first-order valence-corrected chi connectivity index (χ1v) is 5.96. The third-order valence-corrected chi connectivity index (χ3v) is 2.67. The van der Waals surface area contributed by atoms with Crippen molar-refractivity contribution in [3.05, 3.63) is 35.2 Å². The average Bonchev–Trinajstić information content (AvgIpc) is 2.80. The topological polar surface area (TPSA) is 55.6 Å². The van der Waals surface area contributed by atoms with E-state index >= 15 is 0 Å². The third-order valence-electron chi connectivity index (χ3n) is 2.67. The monoisotopic (exact) mass is 267 g/mol. The molecule has 5 nitrogen and oxygen atoms in total. The van der Waals surface area contributed by atoms with Gasteiger partial charge in [0.15, 0.2) is 17.5 Å². The normalized spacial score (nSPS) is 11.3. The van der Waals surface area contributed by atoms with Crippen LogP contribution < -0.4 is 5.32 Å². The summed E-state index contributed by atoms with van der Waals surface area (Å²) in [5.41, 5.74) is 0.0974. The van der Waals surface area contributed by atoms with Crippen LogP contribution in [0.25, 0.3) is 5.69 Å². The molecule has 19 heavy (non-hydrogen) atoms. The van der Waals surface area contributed by atoms with Crippen molar-refractivity contribution in [3.63, 3.8) is 0 Å². The summed E-state index contributed by atoms with van der Waals surface area (Å²) in [6, 6.07) is 2.80. The molecule has 0 amide bonds. The number of halogens is 2. The molecule has 0 bridgehead atoms. The van der Waals surface area contributed by atoms with Gasteiger partial charge in [0.25, 0.3) is 0 Å². The Kier molecular flexibility index (Phi) is 3.84. The molecule has 0 unspecified atom stereocenters. The summed E-state index contributed by atoms with van der Waals surface area (Å²) in [6.45, 7) is 5.82. The fourth-order valence-electron chi connectivity index (χ4n) is 1.62. The van der Waals surface area contributed by atoms with E-state index < -0.39 is 11.6 Å². The molecule has 2 rings (SSSR count). The van der Waals surface area contributed by atoms with Gasteiger partial charge in [-0.15, -0.1) is 5.10 Å². The molecule has 0 saturated carbocycles. The zero-order valence-electron chi connectivity index (χ0n) is 11.0. The molecule has 0 aliphatic carbocycles. The van der Waals surface area contributed by atoms with Crippen molar-refractivity contribution in [1.29, 1.82) is 0 Å². The molecule has 2 aromatic rings. The molecular weight excluding hydrogens is 252 g/mol. The quantitative estimate of drug-likeness (QED) is 0.917. The van der Waals surface area contributed by atoms with Crippen LogP contribution in [0.15, 0.2) is 12.1 Å². The zero-order valence-corrected chi connectivity index (χ0v) is 11.0. The molecular formula is C12H15F2N5. The second-order valence-electron chi connectivity index (χ2n) is 4.57. The highest BCUT2D eigenvalue weighted by Crippen LogP contribution is 2.20. The van der Waals surface area contributed by atoms with Gasteiger partial charge in [-0.1, -0.05) is 19.9 Å². The Balaban J connectivity index is 2.43. The number of nitrogens with one attached hydrogen (secondary N) is 1. The molecule has 0 aliphatic heterocycles. The van der Waals surface area contributed by atoms with Crippen LogP contribution in [0.2, 0.25) is 0 Å². The fraction of sp³-hybridized carbons (Fsp3) is 0.417. The van der Waals surface area contributed by atoms with Gasteiger partial charge in [0.05, 0.1) is 6.54 Å². The summed E-state index contributed by atoms with van der Waals surface area (Å²) in [5, 5.41) is 14.0. The number of benzene rings is 1. The maximum absolute atomic E-state index is 14.0. The summed E-state index contributed by atoms with van der Waals surface area (Å²) in [5.74, 6) is -0.989. The van der Waals surface area contributed by atoms with Crippen LogP contribution in [0.5, 0.6) is 0 Å². The van der Waals surface area contributed by atoms with Crippen LogP contribution in [-0.4, -0.2) is 26.2 Å². The Morgan fingerprint density at radius 1 is 1.32 bits per heavy atom. The van der Waals surface area contributed by atoms with E-state index in [0.29, 0.717) is 17.9 Å². The highest BCUT2D eigenvalue weighted by Gasteiger charge is 2.18. The fourth-order valence-corrected chi connectivity index (χ4v) is 1.62. The SMILES string of the molecule is Cc1ccc(F)c(-n2nnnc2CNC(C)C)c1F. The summed E-state index contributed by atoms with van der Waals surface area (Å²) >= 11 is 0. The highest BCUT2D eigenvalue weighted by molar-refractivity contribution is 5.38. The number of nitrogens with zero attached hydrogens (tertiary/aromatic N) is 4. The van der Waals surface area contributed by atoms with Crippen LogP contribution >= 0.6 is 0 Å². The average molecular weight is 267 g/mol. The smallest absolute Gasteiger partial charge is 0.170 e. The molecule has 1 N–H and O–H groups in total. The van der Waals surface area contributed by atoms with Gasteiger partial charge in [0.1, 0.15) is 5.69 Å². The largest absolute Gasteiger partial charge is 0.308 e. The molecule has 0 spiro atoms. The lowest BCUT2D eigenvalue weighted by Crippen LogP contribution is -2.24. The Morgan fingerprint density at radius 2 is 2.05 bits per heavy atom. The molecule has 1 aromatic heterocycles. The van der Waals surface area contributed by atoms with Crippen molar-refractivity contribution < 1.29 is 8.78 Å². The van der Waals surface area contributed by atoms with E-state index in [-0.39, 0.29) is 11.7 Å². The number of tetrazole rings is 1. The number of aryl methyl sites for hydroxylation is 1. The Morgan fingerprint density at radius 3 is 2.74 bits per heavy atom. The van der Waals surface area contributed by atoms with Crippen molar-refractivity contribution >= 4 is 0 Å². The van der Waals surface area contributed by atoms with E-state index in [2.05, 4.69) is 20.8 Å². The van der Waals surface area contributed by atoms with Gasteiger partial charge in [-0.2, -0.15) is 4.68 Å². The van der Waals surface area contributed by atoms with E-state index in [1.165, 1.54) is 12.1 Å². The van der Waals surface area contributed by atoms with Crippen LogP contribution in [0.4, 0.5) is 8.78 Å². The lowest BCUT2D eigenvalue weighted by molar-refractivity contribution is 0.530. The molecule has 0 aliphatic rings. The van der Waals surface area contributed by atoms with Crippen LogP contribution in [0.1, 0.15) is 25.2 Å². The number of hydrogen-bond acceptors (Lipinski definition) is 4. The molecule has 0 radical (unpaired) electrons. The second kappa shape index (κ2) is 5.40. The van der Waals surface area contributed by atoms with Gasteiger partial charge >= 0.3 is 0 Å². The maximum Gasteiger partial charge on any atom is 0.170 e. The Bertz CT molecular complexity index is 579. The lowest BCUT2D eigenvalue weighted by Gasteiger charge is -2.10. The molecule has 1 aromatic carbocycles. The summed E-state index contributed by atoms with van der Waals surface area (Å²) in [7, 11) is 0. The van der Waals surface area contributed by atoms with Crippen molar-refractivity contribution in [2.45, 2.75) is 33.4 Å². The van der Waals surface area contributed by atoms with Gasteiger partial charge in [-0.25, -0.2) is 8.78 Å². The standard InChI is InChI=1S/C12H15F2N5/c1-7(2)15-6-10-16-17-18-19(10)12-9(13)5-4-8(3)11(12)14/h4-5,7,15H,6H2,1-3H3. The summed E-state index contributed by atoms with van der Waals surface area (Å²) < 4.78 is 28.9. The first-order chi connectivity index (χ1) is 9.00. The first-order valence-electron chi connectivity index (χ1n) is 5.96. The van der Waals surface area contributed by atoms with Crippen molar-refractivity contribution in [1.82, 2.24) is 25.5 Å². The molecule has 7 heteroatoms. The van der Waals surface area contributed by atoms with E-state index in [9.17, 15) is 8.78 Å². The van der Waals surface area contributed by atoms with Crippen LogP contribution in [0.3, 0.4) is 0 Å². The van der Waals surface area contributed by atoms with Crippen LogP contribution in [-0.2, 0) is 6.54 Å². The van der Waals surface area contributed by atoms with Gasteiger partial charge in [-0.3, -0.25) is 0 Å². The van der Waals surface area contributed by atoms with E-state index in [0.717, 1.165) is 4.68 Å². The summed E-state index contributed by atoms with van der Waals surface area (Å²) in [4.78, 5) is 0. The molecule has 0 fully saturated rings. The van der Waals surface area contributed by atoms with Gasteiger partial charge < -0.3 is 5.32 Å². The van der Waals surface area contributed by atoms with Gasteiger partial charge in [-0.05, 0) is 29.0 Å². The lowest BCUT2D eigenvalue weighted by atomic mass is 10.2. The summed E-state index contributed by atoms with van der Waals surface area (Å²) in [6.07, 6.45) is 0. The van der Waals surface area contributed by atoms with Gasteiger partial charge in [0, 0.05) is 6.04 Å². The van der Waals surface area contributed by atoms with E-state index in [4.69, 9.17) is 0 Å². The molecule has 1 heterocycles. The van der Waals surface area contributed by atoms with Crippen molar-refractivity contribution in [2.24, 2.45) is 0 Å². The predicted molar refractivity (Wildman–Crippen MR) is 65.8 cm³/mol. The minimum absolute atomic E-state index is 0.220. The second-order valence-corrected chi connectivity index (χ2v) is 4.57. The highest BCUT2D eigenvalue weighted by atomic mass is 19.1. The van der Waals surface area contributed by atoms with Crippen molar-refractivity contribution in [2.75, 3.05) is 0 Å². The molecule has 102 valence electrons. The Hall–Kier alpha value is -1.89. The predicted octanol–water partition coefficient (Wildman–Crippen LogP) is 1.75. The molecule has 0 atom stereocenters. The van der Waals surface area contributed by atoms with E-state index in [1.807, 2.05) is 13.8 Å². The van der Waals surface area contributed by atoms with Crippen LogP contribution in [0, 0.1) is 18.6 Å². The molecule has 0 saturated heterocycles. The van der Waals surface area contributed by atoms with Gasteiger partial charge in [0.2, 0.25) is 0 Å².